The maximum atomic E-state index is 12.7. The highest BCUT2D eigenvalue weighted by molar-refractivity contribution is 7.94. The minimum atomic E-state index is -3.57. The molecule has 0 saturated carbocycles. The van der Waals surface area contributed by atoms with E-state index in [1.807, 2.05) is 16.3 Å². The lowest BCUT2D eigenvalue weighted by Gasteiger charge is -2.24. The van der Waals surface area contributed by atoms with Crippen molar-refractivity contribution >= 4 is 44.3 Å². The predicted molar refractivity (Wildman–Crippen MR) is 120 cm³/mol. The molecule has 30 heavy (non-hydrogen) atoms. The third-order valence-electron chi connectivity index (χ3n) is 5.12. The van der Waals surface area contributed by atoms with E-state index in [9.17, 15) is 13.2 Å². The number of amides is 1. The summed E-state index contributed by atoms with van der Waals surface area (Å²) in [6.45, 7) is 0.708. The predicted octanol–water partition coefficient (Wildman–Crippen LogP) is 4.38. The van der Waals surface area contributed by atoms with Crippen LogP contribution in [0.15, 0.2) is 63.5 Å². The van der Waals surface area contributed by atoms with Crippen molar-refractivity contribution in [2.24, 2.45) is 0 Å². The molecule has 1 aliphatic rings. The zero-order chi connectivity index (χ0) is 21.1. The number of anilines is 1. The van der Waals surface area contributed by atoms with E-state index in [1.165, 1.54) is 27.6 Å². The third-order valence-corrected chi connectivity index (χ3v) is 9.25. The molecule has 1 aromatic carbocycles. The normalized spacial score (nSPS) is 16.6. The van der Waals surface area contributed by atoms with Crippen LogP contribution in [0.4, 0.5) is 5.69 Å². The number of hydrogen-bond donors (Lipinski definition) is 0. The summed E-state index contributed by atoms with van der Waals surface area (Å²) in [5.41, 5.74) is 0.527. The zero-order valence-corrected chi connectivity index (χ0v) is 18.9. The Morgan fingerprint density at radius 1 is 1.13 bits per heavy atom. The van der Waals surface area contributed by atoms with Crippen LogP contribution in [0.5, 0.6) is 5.75 Å². The van der Waals surface area contributed by atoms with Crippen molar-refractivity contribution in [2.75, 3.05) is 24.5 Å². The first-order valence-electron chi connectivity index (χ1n) is 9.55. The van der Waals surface area contributed by atoms with Gasteiger partial charge in [0.1, 0.15) is 9.96 Å². The summed E-state index contributed by atoms with van der Waals surface area (Å²) in [4.78, 5) is 15.8. The van der Waals surface area contributed by atoms with E-state index < -0.39 is 10.0 Å². The molecule has 1 aliphatic heterocycles. The number of ether oxygens (including phenoxy) is 1. The fourth-order valence-corrected chi connectivity index (χ4v) is 6.74. The maximum Gasteiger partial charge on any atom is 0.273 e. The minimum Gasteiger partial charge on any atom is -0.484 e. The van der Waals surface area contributed by atoms with Crippen LogP contribution in [0.2, 0.25) is 0 Å². The molecule has 4 rings (SSSR count). The first-order valence-corrected chi connectivity index (χ1v) is 12.7. The number of thiophene rings is 2. The number of likely N-dealkylation sites (tertiary alicyclic amines) is 1. The van der Waals surface area contributed by atoms with Gasteiger partial charge in [0.2, 0.25) is 0 Å². The molecule has 1 fully saturated rings. The van der Waals surface area contributed by atoms with Crippen molar-refractivity contribution in [3.05, 3.63) is 64.2 Å². The molecule has 0 spiro atoms. The number of rotatable bonds is 7. The van der Waals surface area contributed by atoms with E-state index in [1.54, 1.807) is 53.1 Å². The molecule has 158 valence electrons. The summed E-state index contributed by atoms with van der Waals surface area (Å²) in [7, 11) is -2.05. The van der Waals surface area contributed by atoms with E-state index in [-0.39, 0.29) is 18.6 Å². The summed E-state index contributed by atoms with van der Waals surface area (Å²) in [5, 5.41) is 3.77. The van der Waals surface area contributed by atoms with Gasteiger partial charge in [-0.1, -0.05) is 12.1 Å². The number of carbonyl (C=O) groups excluding carboxylic acids is 1. The van der Waals surface area contributed by atoms with E-state index >= 15 is 0 Å². The van der Waals surface area contributed by atoms with Crippen LogP contribution < -0.4 is 9.04 Å². The van der Waals surface area contributed by atoms with Crippen molar-refractivity contribution in [1.82, 2.24) is 4.90 Å². The lowest BCUT2D eigenvalue weighted by Crippen LogP contribution is -2.34. The smallest absolute Gasteiger partial charge is 0.273 e. The molecule has 1 unspecified atom stereocenters. The van der Waals surface area contributed by atoms with Crippen LogP contribution in [0, 0.1) is 0 Å². The van der Waals surface area contributed by atoms with Gasteiger partial charge in [-0.15, -0.1) is 22.7 Å². The van der Waals surface area contributed by atoms with Gasteiger partial charge in [-0.2, -0.15) is 0 Å². The Morgan fingerprint density at radius 3 is 2.53 bits per heavy atom. The van der Waals surface area contributed by atoms with Crippen LogP contribution in [0.3, 0.4) is 0 Å². The molecule has 3 aromatic rings. The fourth-order valence-electron chi connectivity index (χ4n) is 3.51. The van der Waals surface area contributed by atoms with Gasteiger partial charge in [-0.25, -0.2) is 8.42 Å². The summed E-state index contributed by atoms with van der Waals surface area (Å²) in [6.07, 6.45) is 1.97. The quantitative estimate of drug-likeness (QED) is 0.523. The molecule has 0 bridgehead atoms. The van der Waals surface area contributed by atoms with Crippen LogP contribution in [0.25, 0.3) is 0 Å². The highest BCUT2D eigenvalue weighted by Crippen LogP contribution is 2.34. The van der Waals surface area contributed by atoms with Crippen molar-refractivity contribution in [1.29, 1.82) is 0 Å². The number of sulfonamides is 1. The van der Waals surface area contributed by atoms with Crippen LogP contribution in [0.1, 0.15) is 23.8 Å². The molecule has 1 atom stereocenters. The van der Waals surface area contributed by atoms with Gasteiger partial charge in [-0.3, -0.25) is 9.10 Å². The van der Waals surface area contributed by atoms with Crippen LogP contribution in [-0.4, -0.2) is 39.4 Å². The van der Waals surface area contributed by atoms with Crippen molar-refractivity contribution < 1.29 is 17.9 Å². The third kappa shape index (κ3) is 4.23. The van der Waals surface area contributed by atoms with Gasteiger partial charge < -0.3 is 9.64 Å². The summed E-state index contributed by atoms with van der Waals surface area (Å²) in [6, 6.07) is 14.2. The van der Waals surface area contributed by atoms with Crippen molar-refractivity contribution in [3.8, 4) is 5.75 Å². The van der Waals surface area contributed by atoms with Crippen molar-refractivity contribution in [3.63, 3.8) is 0 Å². The number of benzene rings is 1. The Bertz CT molecular complexity index is 1080. The minimum absolute atomic E-state index is 0.0348. The maximum absolute atomic E-state index is 12.7. The molecule has 0 radical (unpaired) electrons. The molecule has 0 N–H and O–H groups in total. The van der Waals surface area contributed by atoms with Crippen LogP contribution >= 0.6 is 22.7 Å². The molecule has 0 aliphatic carbocycles. The second kappa shape index (κ2) is 8.79. The van der Waals surface area contributed by atoms with E-state index in [0.29, 0.717) is 15.6 Å². The lowest BCUT2D eigenvalue weighted by molar-refractivity contribution is -0.134. The van der Waals surface area contributed by atoms with Gasteiger partial charge in [0.05, 0.1) is 11.7 Å². The van der Waals surface area contributed by atoms with E-state index in [2.05, 4.69) is 6.07 Å². The Labute approximate surface area is 184 Å². The van der Waals surface area contributed by atoms with E-state index in [4.69, 9.17) is 4.74 Å². The zero-order valence-electron chi connectivity index (χ0n) is 16.4. The Kier molecular flexibility index (Phi) is 6.12. The molecule has 1 saturated heterocycles. The highest BCUT2D eigenvalue weighted by Gasteiger charge is 2.30. The standard InChI is InChI=1S/C21H22N2O4S3/c1-22(30(25,26)21-7-4-14-29-21)16-8-10-17(11-9-16)27-15-20(24)23-12-2-5-18(23)19-6-3-13-28-19/h3-4,6-11,13-14,18H,2,5,12,15H2,1H3. The van der Waals surface area contributed by atoms with Crippen molar-refractivity contribution in [2.45, 2.75) is 23.1 Å². The number of hydrogen-bond acceptors (Lipinski definition) is 6. The van der Waals surface area contributed by atoms with Gasteiger partial charge in [-0.05, 0) is 60.0 Å². The largest absolute Gasteiger partial charge is 0.484 e. The first-order chi connectivity index (χ1) is 14.5. The molecular weight excluding hydrogens is 440 g/mol. The molecule has 1 amide bonds. The average Bonchev–Trinajstić information content (AvgIpc) is 3.52. The number of nitrogens with zero attached hydrogens (tertiary/aromatic N) is 2. The Morgan fingerprint density at radius 2 is 1.87 bits per heavy atom. The van der Waals surface area contributed by atoms with Gasteiger partial charge in [0.25, 0.3) is 15.9 Å². The molecule has 9 heteroatoms. The lowest BCUT2D eigenvalue weighted by atomic mass is 10.2. The summed E-state index contributed by atoms with van der Waals surface area (Å²) in [5.74, 6) is 0.494. The second-order valence-corrected chi connectivity index (χ2v) is 11.1. The molecular formula is C21H22N2O4S3. The summed E-state index contributed by atoms with van der Waals surface area (Å²) < 4.78 is 32.5. The van der Waals surface area contributed by atoms with Crippen LogP contribution in [-0.2, 0) is 14.8 Å². The topological polar surface area (TPSA) is 66.9 Å². The average molecular weight is 463 g/mol. The SMILES string of the molecule is CN(c1ccc(OCC(=O)N2CCCC2c2cccs2)cc1)S(=O)(=O)c1cccs1. The Balaban J connectivity index is 1.37. The van der Waals surface area contributed by atoms with Gasteiger partial charge in [0.15, 0.2) is 6.61 Å². The number of carbonyl (C=O) groups is 1. The summed E-state index contributed by atoms with van der Waals surface area (Å²) >= 11 is 2.86. The second-order valence-electron chi connectivity index (χ2n) is 6.95. The van der Waals surface area contributed by atoms with E-state index in [0.717, 1.165) is 19.4 Å². The molecule has 3 heterocycles. The highest BCUT2D eigenvalue weighted by atomic mass is 32.2. The van der Waals surface area contributed by atoms with Gasteiger partial charge in [0, 0.05) is 18.5 Å². The van der Waals surface area contributed by atoms with Gasteiger partial charge >= 0.3 is 0 Å². The monoisotopic (exact) mass is 462 g/mol. The Hall–Kier alpha value is -2.36. The first kappa shape index (κ1) is 20.9. The molecule has 2 aromatic heterocycles. The molecule has 6 nitrogen and oxygen atoms in total. The fraction of sp³-hybridized carbons (Fsp3) is 0.286.